The fourth-order valence-electron chi connectivity index (χ4n) is 2.46. The first-order valence-corrected chi connectivity index (χ1v) is 8.06. The molecular formula is C16H17FN2O2S. The highest BCUT2D eigenvalue weighted by molar-refractivity contribution is 7.17. The summed E-state index contributed by atoms with van der Waals surface area (Å²) in [5.74, 6) is -0.244. The highest BCUT2D eigenvalue weighted by Gasteiger charge is 2.39. The first kappa shape index (κ1) is 15.0. The lowest BCUT2D eigenvalue weighted by Crippen LogP contribution is -2.03. The molecule has 0 amide bonds. The Kier molecular flexibility index (Phi) is 4.11. The number of halogens is 1. The van der Waals surface area contributed by atoms with Crippen LogP contribution in [0.25, 0.3) is 0 Å². The number of anilines is 1. The van der Waals surface area contributed by atoms with Crippen LogP contribution in [0.4, 0.5) is 9.52 Å². The second kappa shape index (κ2) is 6.04. The number of hydrogen-bond acceptors (Lipinski definition) is 5. The van der Waals surface area contributed by atoms with E-state index in [-0.39, 0.29) is 17.8 Å². The Bertz CT molecular complexity index is 701. The summed E-state index contributed by atoms with van der Waals surface area (Å²) in [6.07, 6.45) is 0.941. The monoisotopic (exact) mass is 320 g/mol. The van der Waals surface area contributed by atoms with Gasteiger partial charge in [-0.15, -0.1) is 0 Å². The molecule has 1 heterocycles. The largest absolute Gasteiger partial charge is 0.462 e. The van der Waals surface area contributed by atoms with Crippen LogP contribution in [-0.2, 0) is 4.74 Å². The number of ether oxygens (including phenoxy) is 1. The molecule has 1 aromatic carbocycles. The Labute approximate surface area is 132 Å². The van der Waals surface area contributed by atoms with Crippen molar-refractivity contribution in [2.45, 2.75) is 32.2 Å². The summed E-state index contributed by atoms with van der Waals surface area (Å²) in [6, 6.07) is 6.93. The zero-order valence-corrected chi connectivity index (χ0v) is 13.2. The SMILES string of the molecule is CCOC(=O)c1sc(N[C@@H]2C[C@H]2c2cccc(F)c2)nc1C. The summed E-state index contributed by atoms with van der Waals surface area (Å²) in [6.45, 7) is 3.93. The van der Waals surface area contributed by atoms with E-state index in [9.17, 15) is 9.18 Å². The van der Waals surface area contributed by atoms with Gasteiger partial charge in [0.15, 0.2) is 5.13 Å². The lowest BCUT2D eigenvalue weighted by molar-refractivity contribution is 0.0531. The molecule has 0 aliphatic heterocycles. The van der Waals surface area contributed by atoms with Gasteiger partial charge < -0.3 is 10.1 Å². The van der Waals surface area contributed by atoms with Gasteiger partial charge in [-0.3, -0.25) is 0 Å². The Hall–Kier alpha value is -1.95. The maximum Gasteiger partial charge on any atom is 0.350 e. The predicted octanol–water partition coefficient (Wildman–Crippen LogP) is 3.74. The van der Waals surface area contributed by atoms with E-state index < -0.39 is 0 Å². The van der Waals surface area contributed by atoms with Crippen molar-refractivity contribution in [2.24, 2.45) is 0 Å². The Morgan fingerprint density at radius 1 is 1.55 bits per heavy atom. The van der Waals surface area contributed by atoms with Crippen molar-refractivity contribution >= 4 is 22.4 Å². The number of aryl methyl sites for hydroxylation is 1. The van der Waals surface area contributed by atoms with E-state index in [0.717, 1.165) is 12.0 Å². The molecule has 1 aliphatic rings. The van der Waals surface area contributed by atoms with Crippen molar-refractivity contribution in [2.75, 3.05) is 11.9 Å². The highest BCUT2D eigenvalue weighted by atomic mass is 32.1. The molecule has 6 heteroatoms. The molecule has 1 saturated carbocycles. The minimum atomic E-state index is -0.331. The van der Waals surface area contributed by atoms with Gasteiger partial charge in [-0.1, -0.05) is 23.5 Å². The Morgan fingerprint density at radius 2 is 2.36 bits per heavy atom. The number of hydrogen-bond donors (Lipinski definition) is 1. The quantitative estimate of drug-likeness (QED) is 0.853. The smallest absolute Gasteiger partial charge is 0.350 e. The summed E-state index contributed by atoms with van der Waals surface area (Å²) in [4.78, 5) is 16.7. The zero-order valence-electron chi connectivity index (χ0n) is 12.4. The van der Waals surface area contributed by atoms with Crippen LogP contribution in [-0.4, -0.2) is 23.6 Å². The minimum absolute atomic E-state index is 0.210. The van der Waals surface area contributed by atoms with Crippen molar-refractivity contribution in [3.05, 3.63) is 46.2 Å². The van der Waals surface area contributed by atoms with Crippen molar-refractivity contribution < 1.29 is 13.9 Å². The fraction of sp³-hybridized carbons (Fsp3) is 0.375. The number of benzene rings is 1. The molecule has 0 unspecified atom stereocenters. The molecule has 0 bridgehead atoms. The predicted molar refractivity (Wildman–Crippen MR) is 84.0 cm³/mol. The third kappa shape index (κ3) is 3.11. The molecule has 3 rings (SSSR count). The van der Waals surface area contributed by atoms with Crippen LogP contribution in [0.5, 0.6) is 0 Å². The summed E-state index contributed by atoms with van der Waals surface area (Å²) in [5, 5.41) is 4.03. The summed E-state index contributed by atoms with van der Waals surface area (Å²) >= 11 is 1.31. The molecule has 1 aromatic heterocycles. The maximum absolute atomic E-state index is 13.2. The van der Waals surface area contributed by atoms with Gasteiger partial charge >= 0.3 is 5.97 Å². The van der Waals surface area contributed by atoms with Crippen LogP contribution >= 0.6 is 11.3 Å². The number of carbonyl (C=O) groups excluding carboxylic acids is 1. The molecule has 2 aromatic rings. The van der Waals surface area contributed by atoms with E-state index in [4.69, 9.17) is 4.74 Å². The Morgan fingerprint density at radius 3 is 3.09 bits per heavy atom. The van der Waals surface area contributed by atoms with Gasteiger partial charge in [-0.05, 0) is 38.0 Å². The first-order chi connectivity index (χ1) is 10.6. The van der Waals surface area contributed by atoms with Gasteiger partial charge in [0.05, 0.1) is 12.3 Å². The van der Waals surface area contributed by atoms with Gasteiger partial charge in [0.2, 0.25) is 0 Å². The molecule has 1 aliphatic carbocycles. The maximum atomic E-state index is 13.2. The number of thiazole rings is 1. The molecule has 1 N–H and O–H groups in total. The number of aromatic nitrogens is 1. The van der Waals surface area contributed by atoms with Gasteiger partial charge in [0.25, 0.3) is 0 Å². The van der Waals surface area contributed by atoms with Crippen LogP contribution in [0.1, 0.15) is 40.2 Å². The van der Waals surface area contributed by atoms with Gasteiger partial charge in [0, 0.05) is 12.0 Å². The molecule has 0 radical (unpaired) electrons. The number of rotatable bonds is 5. The van der Waals surface area contributed by atoms with Crippen LogP contribution in [0.3, 0.4) is 0 Å². The van der Waals surface area contributed by atoms with Gasteiger partial charge in [-0.25, -0.2) is 14.2 Å². The van der Waals surface area contributed by atoms with E-state index in [1.807, 2.05) is 6.07 Å². The lowest BCUT2D eigenvalue weighted by atomic mass is 10.1. The van der Waals surface area contributed by atoms with E-state index in [0.29, 0.717) is 28.2 Å². The van der Waals surface area contributed by atoms with Crippen molar-refractivity contribution in [3.8, 4) is 0 Å². The molecule has 0 spiro atoms. The normalized spacial score (nSPS) is 19.8. The second-order valence-electron chi connectivity index (χ2n) is 5.30. The third-order valence-corrected chi connectivity index (χ3v) is 4.70. The zero-order chi connectivity index (χ0) is 15.7. The van der Waals surface area contributed by atoms with E-state index >= 15 is 0 Å². The molecular weight excluding hydrogens is 303 g/mol. The van der Waals surface area contributed by atoms with Crippen LogP contribution < -0.4 is 5.32 Å². The number of nitrogens with zero attached hydrogens (tertiary/aromatic N) is 1. The topological polar surface area (TPSA) is 51.2 Å². The van der Waals surface area contributed by atoms with Crippen LogP contribution in [0.15, 0.2) is 24.3 Å². The van der Waals surface area contributed by atoms with Crippen molar-refractivity contribution in [1.29, 1.82) is 0 Å². The highest BCUT2D eigenvalue weighted by Crippen LogP contribution is 2.43. The lowest BCUT2D eigenvalue weighted by Gasteiger charge is -2.02. The minimum Gasteiger partial charge on any atom is -0.462 e. The number of carbonyl (C=O) groups is 1. The molecule has 116 valence electrons. The van der Waals surface area contributed by atoms with Gasteiger partial charge in [0.1, 0.15) is 10.7 Å². The summed E-state index contributed by atoms with van der Waals surface area (Å²) in [5.41, 5.74) is 1.67. The van der Waals surface area contributed by atoms with Crippen LogP contribution in [0.2, 0.25) is 0 Å². The van der Waals surface area contributed by atoms with Crippen molar-refractivity contribution in [3.63, 3.8) is 0 Å². The number of nitrogens with one attached hydrogen (secondary N) is 1. The molecule has 22 heavy (non-hydrogen) atoms. The standard InChI is InChI=1S/C16H17FN2O2S/c1-3-21-15(20)14-9(2)18-16(22-14)19-13-8-12(13)10-5-4-6-11(17)7-10/h4-7,12-13H,3,8H2,1-2H3,(H,18,19)/t12-,13+/m0/s1. The van der Waals surface area contributed by atoms with E-state index in [1.165, 1.54) is 17.4 Å². The average molecular weight is 320 g/mol. The van der Waals surface area contributed by atoms with Crippen molar-refractivity contribution in [1.82, 2.24) is 4.98 Å². The summed E-state index contributed by atoms with van der Waals surface area (Å²) in [7, 11) is 0. The van der Waals surface area contributed by atoms with Crippen LogP contribution in [0, 0.1) is 12.7 Å². The van der Waals surface area contributed by atoms with Gasteiger partial charge in [-0.2, -0.15) is 0 Å². The molecule has 0 saturated heterocycles. The van der Waals surface area contributed by atoms with E-state index in [2.05, 4.69) is 10.3 Å². The third-order valence-electron chi connectivity index (χ3n) is 3.63. The summed E-state index contributed by atoms with van der Waals surface area (Å²) < 4.78 is 18.3. The number of esters is 1. The molecule has 4 nitrogen and oxygen atoms in total. The first-order valence-electron chi connectivity index (χ1n) is 7.25. The molecule has 2 atom stereocenters. The Balaban J connectivity index is 1.66. The fourth-order valence-corrected chi connectivity index (χ4v) is 3.38. The second-order valence-corrected chi connectivity index (χ2v) is 6.30. The average Bonchev–Trinajstić information content (AvgIpc) is 3.14. The van der Waals surface area contributed by atoms with E-state index in [1.54, 1.807) is 26.0 Å². The molecule has 1 fully saturated rings.